The van der Waals surface area contributed by atoms with E-state index in [1.807, 2.05) is 36.4 Å². The average molecular weight is 319 g/mol. The number of carbonyl (C=O) groups excluding carboxylic acids is 1. The third kappa shape index (κ3) is 2.46. The number of ether oxygens (including phenoxy) is 1. The Hall–Kier alpha value is -1.88. The monoisotopic (exact) mass is 318 g/mol. The Kier molecular flexibility index (Phi) is 3.21. The van der Waals surface area contributed by atoms with Gasteiger partial charge in [0.15, 0.2) is 6.10 Å². The zero-order valence-electron chi connectivity index (χ0n) is 9.92. The highest BCUT2D eigenvalue weighted by Gasteiger charge is 2.36. The molecule has 1 aliphatic rings. The van der Waals surface area contributed by atoms with E-state index in [4.69, 9.17) is 4.74 Å². The first-order chi connectivity index (χ1) is 9.24. The summed E-state index contributed by atoms with van der Waals surface area (Å²) in [7, 11) is 0. The van der Waals surface area contributed by atoms with Crippen molar-refractivity contribution >= 4 is 22.0 Å². The van der Waals surface area contributed by atoms with E-state index in [9.17, 15) is 4.79 Å². The molecule has 0 radical (unpaired) electrons. The van der Waals surface area contributed by atoms with E-state index >= 15 is 0 Å². The Bertz CT molecular complexity index is 603. The van der Waals surface area contributed by atoms with Gasteiger partial charge in [0.1, 0.15) is 6.04 Å². The fraction of sp³-hybridized carbons (Fsp3) is 0.143. The summed E-state index contributed by atoms with van der Waals surface area (Å²) in [5, 5.41) is 2.82. The molecule has 0 bridgehead atoms. The average Bonchev–Trinajstić information content (AvgIpc) is 2.82. The smallest absolute Gasteiger partial charge is 0.408 e. The van der Waals surface area contributed by atoms with Crippen molar-refractivity contribution in [3.05, 3.63) is 64.4 Å². The Morgan fingerprint density at radius 1 is 1.16 bits per heavy atom. The van der Waals surface area contributed by atoms with Crippen molar-refractivity contribution in [2.75, 3.05) is 0 Å². The van der Waals surface area contributed by atoms with Crippen LogP contribution in [0.3, 0.4) is 0 Å². The molecule has 1 aromatic heterocycles. The number of halogens is 1. The summed E-state index contributed by atoms with van der Waals surface area (Å²) in [5.74, 6) is 0. The van der Waals surface area contributed by atoms with E-state index < -0.39 is 6.09 Å². The van der Waals surface area contributed by atoms with Crippen LogP contribution in [0.1, 0.15) is 23.3 Å². The van der Waals surface area contributed by atoms with E-state index in [-0.39, 0.29) is 12.1 Å². The predicted molar refractivity (Wildman–Crippen MR) is 73.5 cm³/mol. The van der Waals surface area contributed by atoms with Crippen molar-refractivity contribution in [1.82, 2.24) is 10.3 Å². The normalized spacial score (nSPS) is 21.8. The standard InChI is InChI=1S/C14H11BrN2O2/c15-11-6-10(7-16-8-11)12-13(19-14(18)17-12)9-4-2-1-3-5-9/h1-8,12-13H,(H,17,18)/t12-,13-/m1/s1. The molecule has 0 aliphatic carbocycles. The Labute approximate surface area is 118 Å². The number of rotatable bonds is 2. The molecule has 1 aromatic carbocycles. The van der Waals surface area contributed by atoms with Crippen LogP contribution in [0.15, 0.2) is 53.3 Å². The fourth-order valence-corrected chi connectivity index (χ4v) is 2.56. The molecule has 5 heteroatoms. The first kappa shape index (κ1) is 12.2. The number of benzene rings is 1. The molecule has 2 aromatic rings. The van der Waals surface area contributed by atoms with E-state index in [2.05, 4.69) is 26.2 Å². The van der Waals surface area contributed by atoms with Crippen molar-refractivity contribution in [3.63, 3.8) is 0 Å². The Morgan fingerprint density at radius 3 is 2.68 bits per heavy atom. The number of hydrogen-bond acceptors (Lipinski definition) is 3. The van der Waals surface area contributed by atoms with Crippen molar-refractivity contribution in [1.29, 1.82) is 0 Å². The number of pyridine rings is 1. The quantitative estimate of drug-likeness (QED) is 0.923. The number of aromatic nitrogens is 1. The largest absolute Gasteiger partial charge is 0.439 e. The van der Waals surface area contributed by atoms with Crippen LogP contribution in [0.4, 0.5) is 4.79 Å². The highest BCUT2D eigenvalue weighted by Crippen LogP contribution is 2.36. The van der Waals surface area contributed by atoms with Crippen LogP contribution in [0.25, 0.3) is 0 Å². The summed E-state index contributed by atoms with van der Waals surface area (Å²) in [5.41, 5.74) is 1.87. The second-order valence-corrected chi connectivity index (χ2v) is 5.21. The van der Waals surface area contributed by atoms with Gasteiger partial charge in [-0.1, -0.05) is 30.3 Å². The van der Waals surface area contributed by atoms with E-state index in [0.29, 0.717) is 0 Å². The zero-order chi connectivity index (χ0) is 13.2. The zero-order valence-corrected chi connectivity index (χ0v) is 11.5. The molecular weight excluding hydrogens is 308 g/mol. The molecule has 1 aliphatic heterocycles. The van der Waals surface area contributed by atoms with Crippen LogP contribution in [0, 0.1) is 0 Å². The summed E-state index contributed by atoms with van der Waals surface area (Å²) in [6.07, 6.45) is 2.71. The lowest BCUT2D eigenvalue weighted by atomic mass is 9.98. The second-order valence-electron chi connectivity index (χ2n) is 4.30. The Morgan fingerprint density at radius 2 is 1.95 bits per heavy atom. The molecule has 1 N–H and O–H groups in total. The van der Waals surface area contributed by atoms with Gasteiger partial charge in [0, 0.05) is 16.9 Å². The number of cyclic esters (lactones) is 1. The minimum atomic E-state index is -0.404. The van der Waals surface area contributed by atoms with Gasteiger partial charge in [-0.3, -0.25) is 4.98 Å². The summed E-state index contributed by atoms with van der Waals surface area (Å²) in [6, 6.07) is 11.4. The second kappa shape index (κ2) is 5.01. The van der Waals surface area contributed by atoms with E-state index in [1.54, 1.807) is 12.4 Å². The van der Waals surface area contributed by atoms with Gasteiger partial charge < -0.3 is 10.1 Å². The first-order valence-corrected chi connectivity index (χ1v) is 6.66. The molecule has 3 rings (SSSR count). The number of hydrogen-bond donors (Lipinski definition) is 1. The number of alkyl carbamates (subject to hydrolysis) is 1. The lowest BCUT2D eigenvalue weighted by Gasteiger charge is -2.17. The number of nitrogens with one attached hydrogen (secondary N) is 1. The molecule has 1 fully saturated rings. The van der Waals surface area contributed by atoms with Crippen LogP contribution in [-0.4, -0.2) is 11.1 Å². The van der Waals surface area contributed by atoms with Crippen molar-refractivity contribution in [2.45, 2.75) is 12.1 Å². The predicted octanol–water partition coefficient (Wildman–Crippen LogP) is 3.37. The molecule has 0 saturated carbocycles. The fourth-order valence-electron chi connectivity index (χ4n) is 2.18. The van der Waals surface area contributed by atoms with Gasteiger partial charge in [-0.2, -0.15) is 0 Å². The minimum absolute atomic E-state index is 0.222. The third-order valence-corrected chi connectivity index (χ3v) is 3.46. The maximum Gasteiger partial charge on any atom is 0.408 e. The van der Waals surface area contributed by atoms with E-state index in [0.717, 1.165) is 15.6 Å². The van der Waals surface area contributed by atoms with Crippen LogP contribution in [-0.2, 0) is 4.74 Å². The van der Waals surface area contributed by atoms with Crippen LogP contribution < -0.4 is 5.32 Å². The summed E-state index contributed by atoms with van der Waals surface area (Å²) in [6.45, 7) is 0. The topological polar surface area (TPSA) is 51.2 Å². The highest BCUT2D eigenvalue weighted by atomic mass is 79.9. The van der Waals surface area contributed by atoms with Gasteiger partial charge in [-0.05, 0) is 33.1 Å². The molecule has 4 nitrogen and oxygen atoms in total. The Balaban J connectivity index is 1.97. The first-order valence-electron chi connectivity index (χ1n) is 5.86. The number of carbonyl (C=O) groups is 1. The molecule has 0 unspecified atom stereocenters. The molecular formula is C14H11BrN2O2. The van der Waals surface area contributed by atoms with Gasteiger partial charge in [0.25, 0.3) is 0 Å². The molecule has 2 heterocycles. The molecule has 19 heavy (non-hydrogen) atoms. The summed E-state index contributed by atoms with van der Waals surface area (Å²) >= 11 is 3.38. The van der Waals surface area contributed by atoms with Crippen molar-refractivity contribution in [2.24, 2.45) is 0 Å². The van der Waals surface area contributed by atoms with Gasteiger partial charge in [-0.15, -0.1) is 0 Å². The SMILES string of the molecule is O=C1N[C@H](c2cncc(Br)c2)[C@@H](c2ccccc2)O1. The van der Waals surface area contributed by atoms with Gasteiger partial charge in [-0.25, -0.2) is 4.79 Å². The number of amides is 1. The molecule has 1 amide bonds. The molecule has 0 spiro atoms. The number of nitrogens with zero attached hydrogens (tertiary/aromatic N) is 1. The maximum absolute atomic E-state index is 11.5. The lowest BCUT2D eigenvalue weighted by Crippen LogP contribution is -2.19. The van der Waals surface area contributed by atoms with E-state index in [1.165, 1.54) is 0 Å². The van der Waals surface area contributed by atoms with Crippen LogP contribution in [0.5, 0.6) is 0 Å². The molecule has 96 valence electrons. The summed E-state index contributed by atoms with van der Waals surface area (Å²) in [4.78, 5) is 15.7. The third-order valence-electron chi connectivity index (χ3n) is 3.02. The molecule has 1 saturated heterocycles. The summed E-state index contributed by atoms with van der Waals surface area (Å²) < 4.78 is 6.23. The van der Waals surface area contributed by atoms with Gasteiger partial charge in [0.2, 0.25) is 0 Å². The minimum Gasteiger partial charge on any atom is -0.439 e. The van der Waals surface area contributed by atoms with Crippen LogP contribution in [0.2, 0.25) is 0 Å². The van der Waals surface area contributed by atoms with Crippen LogP contribution >= 0.6 is 15.9 Å². The highest BCUT2D eigenvalue weighted by molar-refractivity contribution is 9.10. The van der Waals surface area contributed by atoms with Gasteiger partial charge >= 0.3 is 6.09 Å². The van der Waals surface area contributed by atoms with Crippen molar-refractivity contribution in [3.8, 4) is 0 Å². The lowest BCUT2D eigenvalue weighted by molar-refractivity contribution is 0.132. The van der Waals surface area contributed by atoms with Crippen molar-refractivity contribution < 1.29 is 9.53 Å². The van der Waals surface area contributed by atoms with Gasteiger partial charge in [0.05, 0.1) is 0 Å². The molecule has 2 atom stereocenters. The maximum atomic E-state index is 11.5.